The molecule has 1 rings (SSSR count). The Morgan fingerprint density at radius 2 is 1.77 bits per heavy atom. The lowest BCUT2D eigenvalue weighted by Crippen LogP contribution is -2.49. The van der Waals surface area contributed by atoms with Gasteiger partial charge in [0.05, 0.1) is 6.61 Å². The van der Waals surface area contributed by atoms with Crippen LogP contribution >= 0.6 is 0 Å². The van der Waals surface area contributed by atoms with E-state index in [0.717, 1.165) is 0 Å². The van der Waals surface area contributed by atoms with Gasteiger partial charge >= 0.3 is 12.1 Å². The van der Waals surface area contributed by atoms with Crippen molar-refractivity contribution in [3.8, 4) is 0 Å². The number of hydroxylamine groups is 2. The molecule has 0 aromatic rings. The van der Waals surface area contributed by atoms with E-state index in [0.29, 0.717) is 5.06 Å². The van der Waals surface area contributed by atoms with Gasteiger partial charge in [0, 0.05) is 20.0 Å². The van der Waals surface area contributed by atoms with Gasteiger partial charge in [-0.05, 0) is 20.8 Å². The van der Waals surface area contributed by atoms with Gasteiger partial charge in [-0.25, -0.2) is 9.59 Å². The van der Waals surface area contributed by atoms with Crippen molar-refractivity contribution in [2.24, 2.45) is 0 Å². The van der Waals surface area contributed by atoms with Gasteiger partial charge in [-0.1, -0.05) is 0 Å². The highest BCUT2D eigenvalue weighted by molar-refractivity contribution is 6.01. The molecule has 3 amide bonds. The highest BCUT2D eigenvalue weighted by atomic mass is 16.7. The lowest BCUT2D eigenvalue weighted by Gasteiger charge is -2.23. The van der Waals surface area contributed by atoms with E-state index in [-0.39, 0.29) is 19.4 Å². The number of alkyl carbamates (subject to hydrolysis) is 1. The van der Waals surface area contributed by atoms with Crippen LogP contribution in [0.25, 0.3) is 0 Å². The van der Waals surface area contributed by atoms with Crippen molar-refractivity contribution in [3.05, 3.63) is 0 Å². The van der Waals surface area contributed by atoms with Crippen molar-refractivity contribution < 1.29 is 33.5 Å². The third kappa shape index (κ3) is 5.32. The molecule has 22 heavy (non-hydrogen) atoms. The van der Waals surface area contributed by atoms with Crippen LogP contribution in [0.1, 0.15) is 33.6 Å². The quantitative estimate of drug-likeness (QED) is 0.718. The number of methoxy groups -OCH3 is 1. The van der Waals surface area contributed by atoms with E-state index in [1.165, 1.54) is 7.11 Å². The lowest BCUT2D eigenvalue weighted by atomic mass is 10.2. The van der Waals surface area contributed by atoms with Gasteiger partial charge in [0.1, 0.15) is 5.60 Å². The molecule has 9 heteroatoms. The second kappa shape index (κ2) is 7.21. The number of nitrogens with zero attached hydrogens (tertiary/aromatic N) is 1. The highest BCUT2D eigenvalue weighted by Gasteiger charge is 2.35. The molecule has 1 N–H and O–H groups in total. The van der Waals surface area contributed by atoms with E-state index in [9.17, 15) is 19.2 Å². The Kier molecular flexibility index (Phi) is 5.86. The highest BCUT2D eigenvalue weighted by Crippen LogP contribution is 2.13. The summed E-state index contributed by atoms with van der Waals surface area (Å²) in [5.74, 6) is -2.20. The molecular weight excluding hydrogens is 296 g/mol. The fourth-order valence-electron chi connectivity index (χ4n) is 1.60. The summed E-state index contributed by atoms with van der Waals surface area (Å²) in [5, 5.41) is 2.67. The average molecular weight is 316 g/mol. The molecule has 0 bridgehead atoms. The molecule has 0 aromatic carbocycles. The molecule has 0 aromatic heterocycles. The van der Waals surface area contributed by atoms with E-state index in [2.05, 4.69) is 5.32 Å². The minimum atomic E-state index is -1.21. The fraction of sp³-hybridized carbons (Fsp3) is 0.692. The molecule has 0 unspecified atom stereocenters. The Morgan fingerprint density at radius 1 is 1.23 bits per heavy atom. The molecular formula is C13H20N2O7. The Morgan fingerprint density at radius 3 is 2.23 bits per heavy atom. The second-order valence-corrected chi connectivity index (χ2v) is 5.65. The molecule has 1 fully saturated rings. The molecule has 124 valence electrons. The first-order chi connectivity index (χ1) is 10.1. The lowest BCUT2D eigenvalue weighted by molar-refractivity contribution is -0.199. The number of nitrogens with one attached hydrogen (secondary N) is 1. The molecule has 9 nitrogen and oxygen atoms in total. The van der Waals surface area contributed by atoms with Crippen LogP contribution in [-0.2, 0) is 28.7 Å². The molecule has 1 aliphatic heterocycles. The zero-order valence-electron chi connectivity index (χ0n) is 13.0. The summed E-state index contributed by atoms with van der Waals surface area (Å²) in [6.45, 7) is 4.79. The van der Waals surface area contributed by atoms with Crippen LogP contribution in [-0.4, -0.2) is 54.3 Å². The summed E-state index contributed by atoms with van der Waals surface area (Å²) in [4.78, 5) is 51.1. The summed E-state index contributed by atoms with van der Waals surface area (Å²) < 4.78 is 9.83. The van der Waals surface area contributed by atoms with Crippen LogP contribution in [0.15, 0.2) is 0 Å². The predicted molar refractivity (Wildman–Crippen MR) is 72.2 cm³/mol. The van der Waals surface area contributed by atoms with Crippen molar-refractivity contribution in [1.29, 1.82) is 0 Å². The number of hydrogen-bond donors (Lipinski definition) is 1. The van der Waals surface area contributed by atoms with E-state index in [1.807, 2.05) is 0 Å². The molecule has 0 aliphatic carbocycles. The van der Waals surface area contributed by atoms with Gasteiger partial charge in [0.2, 0.25) is 0 Å². The van der Waals surface area contributed by atoms with Gasteiger partial charge in [-0.15, -0.1) is 5.06 Å². The predicted octanol–water partition coefficient (Wildman–Crippen LogP) is 0.133. The number of ether oxygens (including phenoxy) is 2. The van der Waals surface area contributed by atoms with Crippen LogP contribution in [0.5, 0.6) is 0 Å². The molecule has 1 heterocycles. The summed E-state index contributed by atoms with van der Waals surface area (Å²) in [6.07, 6.45) is -0.869. The normalized spacial score (nSPS) is 16.5. The maximum absolute atomic E-state index is 12.0. The fourth-order valence-corrected chi connectivity index (χ4v) is 1.60. The van der Waals surface area contributed by atoms with E-state index in [1.54, 1.807) is 20.8 Å². The Bertz CT molecular complexity index is 453. The van der Waals surface area contributed by atoms with Crippen LogP contribution in [0.2, 0.25) is 0 Å². The molecule has 0 radical (unpaired) electrons. The summed E-state index contributed by atoms with van der Waals surface area (Å²) in [7, 11) is 1.32. The summed E-state index contributed by atoms with van der Waals surface area (Å²) in [6, 6.07) is -1.21. The van der Waals surface area contributed by atoms with Gasteiger partial charge in [0.15, 0.2) is 6.04 Å². The van der Waals surface area contributed by atoms with Gasteiger partial charge < -0.3 is 19.6 Å². The number of rotatable bonds is 5. The third-order valence-electron chi connectivity index (χ3n) is 2.50. The molecule has 1 saturated heterocycles. The first kappa shape index (κ1) is 17.9. The van der Waals surface area contributed by atoms with Gasteiger partial charge in [-0.2, -0.15) is 0 Å². The molecule has 0 saturated carbocycles. The standard InChI is InChI=1S/C13H20N2O7/c1-13(2,3)21-12(19)14-8(7-20-4)11(18)22-15-9(16)5-6-10(15)17/h8H,5-7H2,1-4H3,(H,14,19)/t8-/m0/s1. The average Bonchev–Trinajstić information content (AvgIpc) is 2.67. The van der Waals surface area contributed by atoms with Gasteiger partial charge in [0.25, 0.3) is 11.8 Å². The number of carbonyl (C=O) groups is 4. The first-order valence-electron chi connectivity index (χ1n) is 6.70. The summed E-state index contributed by atoms with van der Waals surface area (Å²) in [5.41, 5.74) is -0.744. The number of imide groups is 1. The Hall–Kier alpha value is -2.16. The zero-order chi connectivity index (χ0) is 16.9. The monoisotopic (exact) mass is 316 g/mol. The number of carbonyl (C=O) groups excluding carboxylic acids is 4. The topological polar surface area (TPSA) is 111 Å². The first-order valence-corrected chi connectivity index (χ1v) is 6.70. The maximum Gasteiger partial charge on any atom is 0.408 e. The molecule has 1 aliphatic rings. The van der Waals surface area contributed by atoms with Gasteiger partial charge in [-0.3, -0.25) is 9.59 Å². The van der Waals surface area contributed by atoms with Crippen molar-refractivity contribution in [3.63, 3.8) is 0 Å². The largest absolute Gasteiger partial charge is 0.444 e. The van der Waals surface area contributed by atoms with E-state index in [4.69, 9.17) is 14.3 Å². The van der Waals surface area contributed by atoms with Crippen molar-refractivity contribution >= 4 is 23.9 Å². The zero-order valence-corrected chi connectivity index (χ0v) is 13.0. The third-order valence-corrected chi connectivity index (χ3v) is 2.50. The van der Waals surface area contributed by atoms with E-state index < -0.39 is 35.5 Å². The second-order valence-electron chi connectivity index (χ2n) is 5.65. The van der Waals surface area contributed by atoms with Crippen LogP contribution in [0.3, 0.4) is 0 Å². The van der Waals surface area contributed by atoms with Crippen molar-refractivity contribution in [1.82, 2.24) is 10.4 Å². The Balaban J connectivity index is 2.65. The van der Waals surface area contributed by atoms with Crippen LogP contribution in [0.4, 0.5) is 4.79 Å². The molecule has 1 atom stereocenters. The van der Waals surface area contributed by atoms with Crippen molar-refractivity contribution in [2.45, 2.75) is 45.3 Å². The SMILES string of the molecule is COC[C@H](NC(=O)OC(C)(C)C)C(=O)ON1C(=O)CCC1=O. The maximum atomic E-state index is 12.0. The number of hydrogen-bond acceptors (Lipinski definition) is 7. The van der Waals surface area contributed by atoms with Crippen molar-refractivity contribution in [2.75, 3.05) is 13.7 Å². The Labute approximate surface area is 127 Å². The van der Waals surface area contributed by atoms with E-state index >= 15 is 0 Å². The molecule has 0 spiro atoms. The minimum absolute atomic E-state index is 0.0133. The van der Waals surface area contributed by atoms with Crippen LogP contribution in [0, 0.1) is 0 Å². The minimum Gasteiger partial charge on any atom is -0.444 e. The summed E-state index contributed by atoms with van der Waals surface area (Å²) >= 11 is 0. The number of amides is 3. The smallest absolute Gasteiger partial charge is 0.408 e. The van der Waals surface area contributed by atoms with Crippen LogP contribution < -0.4 is 5.32 Å².